The number of aromatic nitrogens is 2. The summed E-state index contributed by atoms with van der Waals surface area (Å²) in [7, 11) is 0. The molecule has 0 amide bonds. The Morgan fingerprint density at radius 1 is 1.35 bits per heavy atom. The van der Waals surface area contributed by atoms with Gasteiger partial charge in [-0.1, -0.05) is 36.3 Å². The van der Waals surface area contributed by atoms with Crippen LogP contribution in [0.2, 0.25) is 0 Å². The molecule has 1 aliphatic rings. The van der Waals surface area contributed by atoms with Gasteiger partial charge >= 0.3 is 0 Å². The second kappa shape index (κ2) is 7.70. The third-order valence-corrected chi connectivity index (χ3v) is 4.54. The number of hydrogen-bond donors (Lipinski definition) is 1. The second-order valence-electron chi connectivity index (χ2n) is 6.11. The Balaban J connectivity index is 1.81. The smallest absolute Gasteiger partial charge is 0.226 e. The van der Waals surface area contributed by atoms with Gasteiger partial charge in [-0.15, -0.1) is 0 Å². The Labute approximate surface area is 137 Å². The predicted molar refractivity (Wildman–Crippen MR) is 87.9 cm³/mol. The first kappa shape index (κ1) is 16.1. The van der Waals surface area contributed by atoms with Crippen molar-refractivity contribution >= 4 is 0 Å². The van der Waals surface area contributed by atoms with E-state index in [2.05, 4.69) is 39.3 Å². The zero-order valence-corrected chi connectivity index (χ0v) is 13.7. The van der Waals surface area contributed by atoms with Gasteiger partial charge in [-0.2, -0.15) is 4.98 Å². The molecule has 0 radical (unpaired) electrons. The zero-order chi connectivity index (χ0) is 16.1. The van der Waals surface area contributed by atoms with E-state index in [1.54, 1.807) is 0 Å². The van der Waals surface area contributed by atoms with Crippen molar-refractivity contribution < 1.29 is 9.63 Å². The molecule has 5 nitrogen and oxygen atoms in total. The average Bonchev–Trinajstić information content (AvgIpc) is 3.06. The van der Waals surface area contributed by atoms with E-state index in [9.17, 15) is 5.11 Å². The minimum atomic E-state index is 0.206. The molecule has 23 heavy (non-hydrogen) atoms. The second-order valence-corrected chi connectivity index (χ2v) is 6.11. The van der Waals surface area contributed by atoms with E-state index in [-0.39, 0.29) is 6.61 Å². The first-order chi connectivity index (χ1) is 11.3. The molecular formula is C18H25N3O2. The zero-order valence-electron chi connectivity index (χ0n) is 13.7. The fourth-order valence-corrected chi connectivity index (χ4v) is 3.41. The lowest BCUT2D eigenvalue weighted by Crippen LogP contribution is -2.32. The Morgan fingerprint density at radius 3 is 3.00 bits per heavy atom. The molecule has 1 N–H and O–H groups in total. The molecule has 1 atom stereocenters. The van der Waals surface area contributed by atoms with E-state index in [0.29, 0.717) is 18.5 Å². The fraction of sp³-hybridized carbons (Fsp3) is 0.556. The number of aliphatic hydroxyl groups is 1. The molecule has 1 aromatic heterocycles. The summed E-state index contributed by atoms with van der Waals surface area (Å²) >= 11 is 0. The number of rotatable bonds is 7. The lowest BCUT2D eigenvalue weighted by molar-refractivity contribution is 0.147. The minimum Gasteiger partial charge on any atom is -0.396 e. The Hall–Kier alpha value is -1.72. The van der Waals surface area contributed by atoms with Gasteiger partial charge in [0.15, 0.2) is 5.82 Å². The number of aryl methyl sites for hydroxylation is 2. The highest BCUT2D eigenvalue weighted by Gasteiger charge is 2.26. The lowest BCUT2D eigenvalue weighted by atomic mass is 9.86. The van der Waals surface area contributed by atoms with E-state index in [0.717, 1.165) is 38.1 Å². The van der Waals surface area contributed by atoms with Crippen molar-refractivity contribution in [3.63, 3.8) is 0 Å². The van der Waals surface area contributed by atoms with Gasteiger partial charge in [-0.3, -0.25) is 4.90 Å². The van der Waals surface area contributed by atoms with Crippen LogP contribution in [0.4, 0.5) is 0 Å². The van der Waals surface area contributed by atoms with Crippen LogP contribution in [0.5, 0.6) is 0 Å². The quantitative estimate of drug-likeness (QED) is 0.851. The molecule has 3 rings (SSSR count). The summed E-state index contributed by atoms with van der Waals surface area (Å²) in [5, 5.41) is 13.3. The first-order valence-electron chi connectivity index (χ1n) is 8.56. The highest BCUT2D eigenvalue weighted by molar-refractivity contribution is 5.32. The third-order valence-electron chi connectivity index (χ3n) is 4.54. The topological polar surface area (TPSA) is 62.4 Å². The number of benzene rings is 1. The molecular weight excluding hydrogens is 290 g/mol. The van der Waals surface area contributed by atoms with E-state index in [1.807, 2.05) is 6.92 Å². The Morgan fingerprint density at radius 2 is 2.22 bits per heavy atom. The number of fused-ring (bicyclic) bond motifs is 1. The summed E-state index contributed by atoms with van der Waals surface area (Å²) in [6.07, 6.45) is 5.01. The van der Waals surface area contributed by atoms with Crippen molar-refractivity contribution in [2.45, 2.75) is 51.6 Å². The highest BCUT2D eigenvalue weighted by Crippen LogP contribution is 2.34. The maximum absolute atomic E-state index is 9.24. The van der Waals surface area contributed by atoms with Crippen LogP contribution in [0.1, 0.15) is 55.1 Å². The van der Waals surface area contributed by atoms with E-state index in [1.165, 1.54) is 17.5 Å². The molecule has 0 fully saturated rings. The van der Waals surface area contributed by atoms with Gasteiger partial charge in [0.25, 0.3) is 0 Å². The number of nitrogens with zero attached hydrogens (tertiary/aromatic N) is 3. The van der Waals surface area contributed by atoms with Crippen LogP contribution >= 0.6 is 0 Å². The first-order valence-corrected chi connectivity index (χ1v) is 8.56. The van der Waals surface area contributed by atoms with Crippen molar-refractivity contribution in [3.05, 3.63) is 47.1 Å². The number of aliphatic hydroxyl groups excluding tert-OH is 1. The summed E-state index contributed by atoms with van der Waals surface area (Å²) in [4.78, 5) is 6.83. The van der Waals surface area contributed by atoms with Crippen molar-refractivity contribution in [3.8, 4) is 0 Å². The molecule has 1 heterocycles. The van der Waals surface area contributed by atoms with Gasteiger partial charge in [0, 0.05) is 25.6 Å². The van der Waals surface area contributed by atoms with Crippen LogP contribution in [0.3, 0.4) is 0 Å². The molecule has 0 bridgehead atoms. The standard InChI is InChI=1S/C18H25N3O2/c1-2-18-19-17(20-23-18)13-21(11-6-12-22)16-10-5-8-14-7-3-4-9-15(14)16/h3-4,7,9,16,22H,2,5-6,8,10-13H2,1H3. The van der Waals surface area contributed by atoms with Gasteiger partial charge in [-0.05, 0) is 36.8 Å². The van der Waals surface area contributed by atoms with Gasteiger partial charge in [-0.25, -0.2) is 0 Å². The van der Waals surface area contributed by atoms with E-state index < -0.39 is 0 Å². The maximum atomic E-state index is 9.24. The Kier molecular flexibility index (Phi) is 5.41. The molecule has 5 heteroatoms. The normalized spacial score (nSPS) is 17.4. The highest BCUT2D eigenvalue weighted by atomic mass is 16.5. The maximum Gasteiger partial charge on any atom is 0.226 e. The lowest BCUT2D eigenvalue weighted by Gasteiger charge is -2.35. The van der Waals surface area contributed by atoms with E-state index >= 15 is 0 Å². The van der Waals surface area contributed by atoms with Crippen molar-refractivity contribution in [1.82, 2.24) is 15.0 Å². The molecule has 0 saturated carbocycles. The number of hydrogen-bond acceptors (Lipinski definition) is 5. The summed E-state index contributed by atoms with van der Waals surface area (Å²) in [5.41, 5.74) is 2.86. The SMILES string of the molecule is CCc1nc(CN(CCCO)C2CCCc3ccccc32)no1. The van der Waals surface area contributed by atoms with Crippen LogP contribution in [-0.2, 0) is 19.4 Å². The predicted octanol–water partition coefficient (Wildman–Crippen LogP) is 2.89. The van der Waals surface area contributed by atoms with Crippen LogP contribution in [0.15, 0.2) is 28.8 Å². The van der Waals surface area contributed by atoms with Crippen molar-refractivity contribution in [2.24, 2.45) is 0 Å². The van der Waals surface area contributed by atoms with Crippen molar-refractivity contribution in [1.29, 1.82) is 0 Å². The molecule has 0 aliphatic heterocycles. The van der Waals surface area contributed by atoms with Crippen LogP contribution in [0.25, 0.3) is 0 Å². The molecule has 2 aromatic rings. The molecule has 124 valence electrons. The summed E-state index contributed by atoms with van der Waals surface area (Å²) in [6, 6.07) is 9.07. The van der Waals surface area contributed by atoms with Gasteiger partial charge < -0.3 is 9.63 Å². The van der Waals surface area contributed by atoms with Gasteiger partial charge in [0.2, 0.25) is 5.89 Å². The summed E-state index contributed by atoms with van der Waals surface area (Å²) in [6.45, 7) is 3.73. The van der Waals surface area contributed by atoms with Crippen LogP contribution in [0, 0.1) is 0 Å². The van der Waals surface area contributed by atoms with Crippen LogP contribution < -0.4 is 0 Å². The van der Waals surface area contributed by atoms with Crippen molar-refractivity contribution in [2.75, 3.05) is 13.2 Å². The molecule has 1 aromatic carbocycles. The average molecular weight is 315 g/mol. The molecule has 1 aliphatic carbocycles. The largest absolute Gasteiger partial charge is 0.396 e. The molecule has 0 spiro atoms. The van der Waals surface area contributed by atoms with Gasteiger partial charge in [0.1, 0.15) is 0 Å². The monoisotopic (exact) mass is 315 g/mol. The summed E-state index contributed by atoms with van der Waals surface area (Å²) < 4.78 is 5.24. The third kappa shape index (κ3) is 3.79. The van der Waals surface area contributed by atoms with Gasteiger partial charge in [0.05, 0.1) is 6.54 Å². The summed E-state index contributed by atoms with van der Waals surface area (Å²) in [5.74, 6) is 1.42. The molecule has 0 saturated heterocycles. The van der Waals surface area contributed by atoms with Crippen LogP contribution in [-0.4, -0.2) is 33.3 Å². The van der Waals surface area contributed by atoms with E-state index in [4.69, 9.17) is 4.52 Å². The minimum absolute atomic E-state index is 0.206. The fourth-order valence-electron chi connectivity index (χ4n) is 3.41. The Bertz CT molecular complexity index is 626. The molecule has 1 unspecified atom stereocenters.